The Labute approximate surface area is 156 Å². The van der Waals surface area contributed by atoms with E-state index in [-0.39, 0.29) is 17.6 Å². The van der Waals surface area contributed by atoms with Crippen LogP contribution in [0, 0.1) is 0 Å². The molecule has 0 saturated heterocycles. The van der Waals surface area contributed by atoms with Crippen molar-refractivity contribution in [1.29, 1.82) is 0 Å². The fourth-order valence-corrected chi connectivity index (χ4v) is 3.19. The number of benzene rings is 2. The van der Waals surface area contributed by atoms with Crippen LogP contribution in [0.25, 0.3) is 0 Å². The lowest BCUT2D eigenvalue weighted by atomic mass is 9.87. The van der Waals surface area contributed by atoms with Gasteiger partial charge in [0, 0.05) is 25.7 Å². The van der Waals surface area contributed by atoms with Gasteiger partial charge < -0.3 is 15.0 Å². The number of hydrogen-bond acceptors (Lipinski definition) is 2. The number of ether oxygens (including phenoxy) is 1. The van der Waals surface area contributed by atoms with E-state index in [2.05, 4.69) is 56.4 Å². The van der Waals surface area contributed by atoms with Crippen LogP contribution in [0.3, 0.4) is 0 Å². The first-order chi connectivity index (χ1) is 12.3. The summed E-state index contributed by atoms with van der Waals surface area (Å²) < 4.78 is 5.91. The smallest absolute Gasteiger partial charge is 0.321 e. The zero-order valence-corrected chi connectivity index (χ0v) is 16.1. The highest BCUT2D eigenvalue weighted by atomic mass is 16.5. The van der Waals surface area contributed by atoms with Crippen molar-refractivity contribution >= 4 is 11.7 Å². The van der Waals surface area contributed by atoms with Gasteiger partial charge in [-0.15, -0.1) is 0 Å². The first-order valence-electron chi connectivity index (χ1n) is 9.14. The maximum Gasteiger partial charge on any atom is 0.321 e. The Morgan fingerprint density at radius 2 is 1.77 bits per heavy atom. The fraction of sp³-hybridized carbons (Fsp3) is 0.409. The molecular formula is C22H28N2O2. The van der Waals surface area contributed by atoms with Gasteiger partial charge in [0.25, 0.3) is 0 Å². The van der Waals surface area contributed by atoms with Crippen LogP contribution in [-0.2, 0) is 23.2 Å². The zero-order valence-electron chi connectivity index (χ0n) is 16.1. The molecule has 2 aromatic carbocycles. The number of urea groups is 1. The minimum Gasteiger partial charge on any atom is -0.371 e. The van der Waals surface area contributed by atoms with Crippen LogP contribution in [0.2, 0.25) is 0 Å². The molecule has 0 spiro atoms. The number of hydrogen-bond donors (Lipinski definition) is 1. The van der Waals surface area contributed by atoms with Crippen molar-refractivity contribution in [3.63, 3.8) is 0 Å². The summed E-state index contributed by atoms with van der Waals surface area (Å²) in [5, 5.41) is 2.96. The Bertz CT molecular complexity index is 762. The molecule has 2 aromatic rings. The summed E-state index contributed by atoms with van der Waals surface area (Å²) >= 11 is 0. The Hall–Kier alpha value is -2.33. The fourth-order valence-electron chi connectivity index (χ4n) is 3.19. The van der Waals surface area contributed by atoms with Gasteiger partial charge in [-0.25, -0.2) is 4.79 Å². The van der Waals surface area contributed by atoms with Crippen molar-refractivity contribution in [2.75, 3.05) is 18.9 Å². The highest BCUT2D eigenvalue weighted by Gasteiger charge is 2.22. The molecule has 2 amide bonds. The molecule has 1 unspecified atom stereocenters. The molecule has 26 heavy (non-hydrogen) atoms. The van der Waals surface area contributed by atoms with Crippen LogP contribution in [0.4, 0.5) is 10.5 Å². The summed E-state index contributed by atoms with van der Waals surface area (Å²) in [5.41, 5.74) is 4.72. The molecule has 1 aliphatic rings. The topological polar surface area (TPSA) is 41.6 Å². The van der Waals surface area contributed by atoms with Crippen molar-refractivity contribution in [3.05, 3.63) is 65.2 Å². The van der Waals surface area contributed by atoms with E-state index in [4.69, 9.17) is 4.74 Å². The zero-order chi connectivity index (χ0) is 18.7. The van der Waals surface area contributed by atoms with Gasteiger partial charge in [-0.3, -0.25) is 0 Å². The van der Waals surface area contributed by atoms with E-state index in [1.807, 2.05) is 25.2 Å². The van der Waals surface area contributed by atoms with Gasteiger partial charge in [0.2, 0.25) is 0 Å². The Balaban J connectivity index is 1.55. The summed E-state index contributed by atoms with van der Waals surface area (Å²) in [4.78, 5) is 14.2. The highest BCUT2D eigenvalue weighted by Crippen LogP contribution is 2.24. The van der Waals surface area contributed by atoms with E-state index in [0.717, 1.165) is 12.1 Å². The molecule has 0 saturated carbocycles. The van der Waals surface area contributed by atoms with Gasteiger partial charge in [-0.05, 0) is 34.2 Å². The second-order valence-electron chi connectivity index (χ2n) is 8.04. The standard InChI is InChI=1S/C22H28N2O2/c1-22(2,3)18-9-11-19(12-10-18)23-21(25)24(4)14-20-13-16-7-5-6-8-17(16)15-26-20/h5-12,20H,13-15H2,1-4H3,(H,23,25). The molecule has 0 fully saturated rings. The van der Waals surface area contributed by atoms with Crippen LogP contribution in [0.1, 0.15) is 37.5 Å². The first-order valence-corrected chi connectivity index (χ1v) is 9.14. The van der Waals surface area contributed by atoms with Gasteiger partial charge in [0.05, 0.1) is 12.7 Å². The van der Waals surface area contributed by atoms with E-state index in [1.165, 1.54) is 16.7 Å². The monoisotopic (exact) mass is 352 g/mol. The van der Waals surface area contributed by atoms with Crippen LogP contribution < -0.4 is 5.32 Å². The molecule has 138 valence electrons. The molecule has 4 nitrogen and oxygen atoms in total. The minimum atomic E-state index is -0.115. The summed E-state index contributed by atoms with van der Waals surface area (Å²) in [7, 11) is 1.81. The van der Waals surface area contributed by atoms with Crippen molar-refractivity contribution in [2.24, 2.45) is 0 Å². The second kappa shape index (κ2) is 7.50. The van der Waals surface area contributed by atoms with Crippen LogP contribution in [0.5, 0.6) is 0 Å². The maximum atomic E-state index is 12.5. The summed E-state index contributed by atoms with van der Waals surface area (Å²) in [6.45, 7) is 7.72. The molecule has 0 radical (unpaired) electrons. The van der Waals surface area contributed by atoms with E-state index in [0.29, 0.717) is 13.2 Å². The van der Waals surface area contributed by atoms with Crippen LogP contribution in [-0.4, -0.2) is 30.6 Å². The largest absolute Gasteiger partial charge is 0.371 e. The van der Waals surface area contributed by atoms with Crippen molar-refractivity contribution in [3.8, 4) is 0 Å². The molecule has 1 atom stereocenters. The number of amides is 2. The third kappa shape index (κ3) is 4.44. The highest BCUT2D eigenvalue weighted by molar-refractivity contribution is 5.89. The summed E-state index contributed by atoms with van der Waals surface area (Å²) in [6, 6.07) is 16.3. The van der Waals surface area contributed by atoms with E-state index >= 15 is 0 Å². The summed E-state index contributed by atoms with van der Waals surface area (Å²) in [6.07, 6.45) is 0.873. The minimum absolute atomic E-state index is 0.0314. The second-order valence-corrected chi connectivity index (χ2v) is 8.04. The Morgan fingerprint density at radius 1 is 1.12 bits per heavy atom. The van der Waals surface area contributed by atoms with Gasteiger partial charge in [0.1, 0.15) is 0 Å². The molecule has 3 rings (SSSR count). The number of fused-ring (bicyclic) bond motifs is 1. The number of nitrogens with one attached hydrogen (secondary N) is 1. The quantitative estimate of drug-likeness (QED) is 0.878. The SMILES string of the molecule is CN(CC1Cc2ccccc2CO1)C(=O)Nc1ccc(C(C)(C)C)cc1. The van der Waals surface area contributed by atoms with Crippen molar-refractivity contribution in [2.45, 2.75) is 45.3 Å². The lowest BCUT2D eigenvalue weighted by molar-refractivity contribution is 0.0159. The maximum absolute atomic E-state index is 12.5. The number of rotatable bonds is 3. The predicted octanol–water partition coefficient (Wildman–Crippen LogP) is 4.59. The van der Waals surface area contributed by atoms with Crippen LogP contribution in [0.15, 0.2) is 48.5 Å². The average molecular weight is 352 g/mol. The van der Waals surface area contributed by atoms with Gasteiger partial charge in [0.15, 0.2) is 0 Å². The van der Waals surface area contributed by atoms with Gasteiger partial charge >= 0.3 is 6.03 Å². The third-order valence-electron chi connectivity index (χ3n) is 4.87. The number of anilines is 1. The molecule has 1 aliphatic heterocycles. The number of nitrogens with zero attached hydrogens (tertiary/aromatic N) is 1. The molecule has 0 aromatic heterocycles. The lowest BCUT2D eigenvalue weighted by Crippen LogP contribution is -2.40. The van der Waals surface area contributed by atoms with E-state index in [1.54, 1.807) is 4.90 Å². The predicted molar refractivity (Wildman–Crippen MR) is 106 cm³/mol. The molecule has 4 heteroatoms. The molecule has 1 heterocycles. The summed E-state index contributed by atoms with van der Waals surface area (Å²) in [5.74, 6) is 0. The van der Waals surface area contributed by atoms with E-state index in [9.17, 15) is 4.79 Å². The van der Waals surface area contributed by atoms with Crippen molar-refractivity contribution < 1.29 is 9.53 Å². The van der Waals surface area contributed by atoms with Gasteiger partial charge in [-0.2, -0.15) is 0 Å². The average Bonchev–Trinajstić information content (AvgIpc) is 2.61. The Morgan fingerprint density at radius 3 is 2.42 bits per heavy atom. The van der Waals surface area contributed by atoms with E-state index < -0.39 is 0 Å². The Kier molecular flexibility index (Phi) is 5.33. The lowest BCUT2D eigenvalue weighted by Gasteiger charge is -2.29. The molecule has 1 N–H and O–H groups in total. The molecule has 0 aliphatic carbocycles. The molecule has 0 bridgehead atoms. The number of likely N-dealkylation sites (N-methyl/N-ethyl adjacent to an activating group) is 1. The van der Waals surface area contributed by atoms with Gasteiger partial charge in [-0.1, -0.05) is 57.2 Å². The number of carbonyl (C=O) groups is 1. The van der Waals surface area contributed by atoms with Crippen molar-refractivity contribution in [1.82, 2.24) is 4.90 Å². The normalized spacial score (nSPS) is 16.7. The molecular weight excluding hydrogens is 324 g/mol. The van der Waals surface area contributed by atoms with Crippen LogP contribution >= 0.6 is 0 Å². The third-order valence-corrected chi connectivity index (χ3v) is 4.87. The number of carbonyl (C=O) groups excluding carboxylic acids is 1. The first kappa shape index (κ1) is 18.5.